The highest BCUT2D eigenvalue weighted by atomic mass is 35.5. The monoisotopic (exact) mass is 295 g/mol. The molecule has 0 aliphatic heterocycles. The molecular formula is C15H19ClFN3. The van der Waals surface area contributed by atoms with E-state index in [4.69, 9.17) is 11.6 Å². The molecule has 0 aliphatic rings. The number of aromatic nitrogens is 2. The SMILES string of the molecule is CC(C)(C)NCc1cnn(Cc2ccc(F)cc2Cl)c1. The summed E-state index contributed by atoms with van der Waals surface area (Å²) in [5.41, 5.74) is 2.03. The van der Waals surface area contributed by atoms with E-state index in [1.807, 2.05) is 12.4 Å². The Morgan fingerprint density at radius 2 is 2.10 bits per heavy atom. The maximum Gasteiger partial charge on any atom is 0.124 e. The third-order valence-electron chi connectivity index (χ3n) is 2.86. The van der Waals surface area contributed by atoms with Crippen LogP contribution in [0.4, 0.5) is 4.39 Å². The van der Waals surface area contributed by atoms with Crippen molar-refractivity contribution in [3.63, 3.8) is 0 Å². The molecule has 0 spiro atoms. The van der Waals surface area contributed by atoms with Crippen molar-refractivity contribution in [1.82, 2.24) is 15.1 Å². The molecule has 1 heterocycles. The molecule has 108 valence electrons. The van der Waals surface area contributed by atoms with Gasteiger partial charge in [-0.1, -0.05) is 17.7 Å². The summed E-state index contributed by atoms with van der Waals surface area (Å²) in [5.74, 6) is -0.325. The van der Waals surface area contributed by atoms with E-state index in [0.29, 0.717) is 11.6 Å². The molecule has 2 rings (SSSR count). The van der Waals surface area contributed by atoms with Crippen LogP contribution in [0.25, 0.3) is 0 Å². The van der Waals surface area contributed by atoms with E-state index in [2.05, 4.69) is 31.2 Å². The largest absolute Gasteiger partial charge is 0.308 e. The molecule has 0 saturated carbocycles. The van der Waals surface area contributed by atoms with Gasteiger partial charge in [0.05, 0.1) is 12.7 Å². The molecule has 0 radical (unpaired) electrons. The molecule has 20 heavy (non-hydrogen) atoms. The second-order valence-corrected chi connectivity index (χ2v) is 6.29. The van der Waals surface area contributed by atoms with Gasteiger partial charge in [0.2, 0.25) is 0 Å². The summed E-state index contributed by atoms with van der Waals surface area (Å²) in [5, 5.41) is 8.13. The molecule has 0 saturated heterocycles. The first kappa shape index (κ1) is 15.0. The van der Waals surface area contributed by atoms with Crippen LogP contribution in [0.15, 0.2) is 30.6 Å². The zero-order chi connectivity index (χ0) is 14.8. The number of rotatable bonds is 4. The summed E-state index contributed by atoms with van der Waals surface area (Å²) in [6.07, 6.45) is 3.80. The van der Waals surface area contributed by atoms with Crippen molar-refractivity contribution in [1.29, 1.82) is 0 Å². The summed E-state index contributed by atoms with van der Waals surface area (Å²) < 4.78 is 14.8. The Bertz CT molecular complexity index is 587. The van der Waals surface area contributed by atoms with Crippen molar-refractivity contribution in [2.45, 2.75) is 39.4 Å². The molecule has 0 unspecified atom stereocenters. The summed E-state index contributed by atoms with van der Waals surface area (Å²) in [4.78, 5) is 0. The lowest BCUT2D eigenvalue weighted by Gasteiger charge is -2.19. The van der Waals surface area contributed by atoms with Gasteiger partial charge in [0.25, 0.3) is 0 Å². The third kappa shape index (κ3) is 4.32. The van der Waals surface area contributed by atoms with Gasteiger partial charge in [-0.25, -0.2) is 4.39 Å². The quantitative estimate of drug-likeness (QED) is 0.934. The van der Waals surface area contributed by atoms with Gasteiger partial charge in [0.15, 0.2) is 0 Å². The first-order chi connectivity index (χ1) is 9.33. The topological polar surface area (TPSA) is 29.9 Å². The number of benzene rings is 1. The smallest absolute Gasteiger partial charge is 0.124 e. The van der Waals surface area contributed by atoms with E-state index in [0.717, 1.165) is 17.7 Å². The molecule has 0 amide bonds. The fourth-order valence-electron chi connectivity index (χ4n) is 1.78. The highest BCUT2D eigenvalue weighted by molar-refractivity contribution is 6.31. The minimum Gasteiger partial charge on any atom is -0.308 e. The van der Waals surface area contributed by atoms with E-state index in [1.165, 1.54) is 12.1 Å². The normalized spacial score (nSPS) is 11.8. The lowest BCUT2D eigenvalue weighted by atomic mass is 10.1. The average molecular weight is 296 g/mol. The van der Waals surface area contributed by atoms with Gasteiger partial charge in [-0.15, -0.1) is 0 Å². The van der Waals surface area contributed by atoms with Crippen LogP contribution < -0.4 is 5.32 Å². The lowest BCUT2D eigenvalue weighted by Crippen LogP contribution is -2.34. The molecule has 1 aromatic carbocycles. The van der Waals surface area contributed by atoms with E-state index >= 15 is 0 Å². The van der Waals surface area contributed by atoms with Gasteiger partial charge in [-0.3, -0.25) is 4.68 Å². The van der Waals surface area contributed by atoms with Crippen molar-refractivity contribution in [2.24, 2.45) is 0 Å². The molecule has 3 nitrogen and oxygen atoms in total. The second-order valence-electron chi connectivity index (χ2n) is 5.89. The summed E-state index contributed by atoms with van der Waals surface area (Å²) in [7, 11) is 0. The van der Waals surface area contributed by atoms with Gasteiger partial charge in [0.1, 0.15) is 5.82 Å². The van der Waals surface area contributed by atoms with Crippen LogP contribution in [-0.2, 0) is 13.1 Å². The number of hydrogen-bond acceptors (Lipinski definition) is 2. The second kappa shape index (κ2) is 5.94. The fraction of sp³-hybridized carbons (Fsp3) is 0.400. The summed E-state index contributed by atoms with van der Waals surface area (Å²) in [6.45, 7) is 7.66. The Labute approximate surface area is 123 Å². The Morgan fingerprint density at radius 3 is 2.75 bits per heavy atom. The average Bonchev–Trinajstić information content (AvgIpc) is 2.77. The molecule has 0 bridgehead atoms. The van der Waals surface area contributed by atoms with E-state index < -0.39 is 0 Å². The van der Waals surface area contributed by atoms with Gasteiger partial charge < -0.3 is 5.32 Å². The van der Waals surface area contributed by atoms with Crippen LogP contribution in [0.5, 0.6) is 0 Å². The van der Waals surface area contributed by atoms with Crippen LogP contribution in [-0.4, -0.2) is 15.3 Å². The number of halogens is 2. The lowest BCUT2D eigenvalue weighted by molar-refractivity contribution is 0.424. The van der Waals surface area contributed by atoms with Crippen molar-refractivity contribution >= 4 is 11.6 Å². The zero-order valence-corrected chi connectivity index (χ0v) is 12.7. The molecule has 0 fully saturated rings. The van der Waals surface area contributed by atoms with Gasteiger partial charge in [-0.05, 0) is 38.5 Å². The van der Waals surface area contributed by atoms with Crippen LogP contribution in [0, 0.1) is 5.82 Å². The fourth-order valence-corrected chi connectivity index (χ4v) is 2.00. The molecular weight excluding hydrogens is 277 g/mol. The maximum atomic E-state index is 13.0. The molecule has 0 atom stereocenters. The minimum absolute atomic E-state index is 0.0718. The molecule has 2 aromatic rings. The van der Waals surface area contributed by atoms with Crippen LogP contribution >= 0.6 is 11.6 Å². The van der Waals surface area contributed by atoms with Crippen molar-refractivity contribution in [3.8, 4) is 0 Å². The Morgan fingerprint density at radius 1 is 1.35 bits per heavy atom. The molecule has 1 N–H and O–H groups in total. The number of nitrogens with one attached hydrogen (secondary N) is 1. The summed E-state index contributed by atoms with van der Waals surface area (Å²) >= 11 is 6.01. The first-order valence-corrected chi connectivity index (χ1v) is 6.91. The van der Waals surface area contributed by atoms with Crippen LogP contribution in [0.1, 0.15) is 31.9 Å². The van der Waals surface area contributed by atoms with Crippen LogP contribution in [0.3, 0.4) is 0 Å². The number of nitrogens with zero attached hydrogens (tertiary/aromatic N) is 2. The van der Waals surface area contributed by atoms with Crippen molar-refractivity contribution < 1.29 is 4.39 Å². The van der Waals surface area contributed by atoms with Gasteiger partial charge in [-0.2, -0.15) is 5.10 Å². The highest BCUT2D eigenvalue weighted by Gasteiger charge is 2.09. The van der Waals surface area contributed by atoms with Gasteiger partial charge in [0, 0.05) is 28.9 Å². The predicted octanol–water partition coefficient (Wildman–Crippen LogP) is 3.61. The van der Waals surface area contributed by atoms with Crippen molar-refractivity contribution in [2.75, 3.05) is 0 Å². The molecule has 5 heteroatoms. The van der Waals surface area contributed by atoms with Gasteiger partial charge >= 0.3 is 0 Å². The van der Waals surface area contributed by atoms with E-state index in [1.54, 1.807) is 10.7 Å². The maximum absolute atomic E-state index is 13.0. The third-order valence-corrected chi connectivity index (χ3v) is 3.21. The number of hydrogen-bond donors (Lipinski definition) is 1. The zero-order valence-electron chi connectivity index (χ0n) is 12.0. The summed E-state index contributed by atoms with van der Waals surface area (Å²) in [6, 6.07) is 4.42. The van der Waals surface area contributed by atoms with Crippen molar-refractivity contribution in [3.05, 3.63) is 52.6 Å². The Balaban J connectivity index is 2.02. The molecule has 1 aromatic heterocycles. The Kier molecular flexibility index (Phi) is 4.45. The molecule has 0 aliphatic carbocycles. The highest BCUT2D eigenvalue weighted by Crippen LogP contribution is 2.18. The first-order valence-electron chi connectivity index (χ1n) is 6.54. The minimum atomic E-state index is -0.325. The van der Waals surface area contributed by atoms with E-state index in [9.17, 15) is 4.39 Å². The van der Waals surface area contributed by atoms with Crippen LogP contribution in [0.2, 0.25) is 5.02 Å². The predicted molar refractivity (Wildman–Crippen MR) is 79.3 cm³/mol. The standard InChI is InChI=1S/C15H19ClFN3/c1-15(2,3)18-7-11-8-19-20(9-11)10-12-4-5-13(17)6-14(12)16/h4-6,8-9,18H,7,10H2,1-3H3. The van der Waals surface area contributed by atoms with E-state index in [-0.39, 0.29) is 11.4 Å². The Hall–Kier alpha value is -1.39.